The van der Waals surface area contributed by atoms with Gasteiger partial charge in [-0.2, -0.15) is 4.13 Å². The predicted octanol–water partition coefficient (Wildman–Crippen LogP) is 2.79. The van der Waals surface area contributed by atoms with E-state index in [9.17, 15) is 0 Å². The van der Waals surface area contributed by atoms with Gasteiger partial charge in [0.05, 0.1) is 23.4 Å². The minimum Gasteiger partial charge on any atom is -0.379 e. The van der Waals surface area contributed by atoms with Crippen LogP contribution in [0.15, 0.2) is 28.6 Å². The molecule has 2 heterocycles. The Bertz CT molecular complexity index is 480. The number of rotatable bonds is 4. The van der Waals surface area contributed by atoms with Gasteiger partial charge in [0.1, 0.15) is 0 Å². The normalized spacial score (nSPS) is 17.3. The number of benzene rings is 1. The SMILES string of the molecule is c1ccc2sc(SNSN3CCOCC3)nc2c1. The van der Waals surface area contributed by atoms with Gasteiger partial charge < -0.3 is 4.74 Å². The third-order valence-electron chi connectivity index (χ3n) is 2.54. The zero-order valence-electron chi connectivity index (χ0n) is 9.67. The minimum atomic E-state index is 0.820. The van der Waals surface area contributed by atoms with Crippen LogP contribution in [0.4, 0.5) is 0 Å². The van der Waals surface area contributed by atoms with Crippen LogP contribution in [0.25, 0.3) is 10.2 Å². The van der Waals surface area contributed by atoms with E-state index in [1.165, 1.54) is 4.70 Å². The molecule has 0 radical (unpaired) electrons. The summed E-state index contributed by atoms with van der Waals surface area (Å²) in [6.07, 6.45) is 0. The maximum absolute atomic E-state index is 5.30. The van der Waals surface area contributed by atoms with E-state index in [-0.39, 0.29) is 0 Å². The fourth-order valence-corrected chi connectivity index (χ4v) is 4.41. The summed E-state index contributed by atoms with van der Waals surface area (Å²) in [6.45, 7) is 3.58. The minimum absolute atomic E-state index is 0.820. The molecule has 0 aliphatic carbocycles. The van der Waals surface area contributed by atoms with Gasteiger partial charge in [-0.1, -0.05) is 12.1 Å². The van der Waals surface area contributed by atoms with E-state index in [4.69, 9.17) is 4.74 Å². The molecule has 0 atom stereocenters. The summed E-state index contributed by atoms with van der Waals surface area (Å²) in [5.41, 5.74) is 1.07. The lowest BCUT2D eigenvalue weighted by molar-refractivity contribution is 0.0772. The topological polar surface area (TPSA) is 37.4 Å². The number of aromatic nitrogens is 1. The lowest BCUT2D eigenvalue weighted by atomic mass is 10.3. The number of hydrogen-bond acceptors (Lipinski definition) is 7. The molecule has 0 saturated carbocycles. The number of para-hydroxylation sites is 1. The van der Waals surface area contributed by atoms with Crippen molar-refractivity contribution >= 4 is 45.6 Å². The van der Waals surface area contributed by atoms with E-state index in [1.807, 2.05) is 18.2 Å². The Morgan fingerprint density at radius 3 is 2.94 bits per heavy atom. The number of nitrogens with zero attached hydrogens (tertiary/aromatic N) is 2. The Labute approximate surface area is 119 Å². The van der Waals surface area contributed by atoms with Gasteiger partial charge in [0.2, 0.25) is 0 Å². The summed E-state index contributed by atoms with van der Waals surface area (Å²) in [5.74, 6) is 0. The Hall–Kier alpha value is -0.310. The Kier molecular flexibility index (Phi) is 4.40. The average molecular weight is 299 g/mol. The summed E-state index contributed by atoms with van der Waals surface area (Å²) >= 11 is 4.93. The highest BCUT2D eigenvalue weighted by Gasteiger charge is 2.11. The van der Waals surface area contributed by atoms with Gasteiger partial charge >= 0.3 is 0 Å². The molecule has 96 valence electrons. The van der Waals surface area contributed by atoms with Gasteiger partial charge in [-0.15, -0.1) is 11.3 Å². The number of morpholine rings is 1. The molecule has 1 saturated heterocycles. The Balaban J connectivity index is 1.53. The van der Waals surface area contributed by atoms with Crippen molar-refractivity contribution in [2.45, 2.75) is 4.34 Å². The van der Waals surface area contributed by atoms with Crippen molar-refractivity contribution in [3.8, 4) is 0 Å². The zero-order chi connectivity index (χ0) is 12.2. The summed E-state index contributed by atoms with van der Waals surface area (Å²) in [7, 11) is 0. The summed E-state index contributed by atoms with van der Waals surface area (Å²) < 4.78 is 13.1. The first-order valence-corrected chi connectivity index (χ1v) is 8.09. The van der Waals surface area contributed by atoms with Crippen LogP contribution in [-0.4, -0.2) is 35.6 Å². The third kappa shape index (κ3) is 3.17. The van der Waals surface area contributed by atoms with E-state index < -0.39 is 0 Å². The van der Waals surface area contributed by atoms with Crippen molar-refractivity contribution in [2.75, 3.05) is 26.3 Å². The largest absolute Gasteiger partial charge is 0.379 e. The van der Waals surface area contributed by atoms with Crippen LogP contribution in [0, 0.1) is 0 Å². The summed E-state index contributed by atoms with van der Waals surface area (Å²) in [4.78, 5) is 4.56. The molecule has 0 spiro atoms. The number of thiazole rings is 1. The van der Waals surface area contributed by atoms with Crippen LogP contribution in [0.3, 0.4) is 0 Å². The van der Waals surface area contributed by atoms with E-state index in [0.29, 0.717) is 0 Å². The monoisotopic (exact) mass is 299 g/mol. The van der Waals surface area contributed by atoms with Crippen LogP contribution >= 0.6 is 35.4 Å². The molecule has 1 aromatic heterocycles. The molecule has 1 aliphatic rings. The molecule has 2 aromatic rings. The van der Waals surface area contributed by atoms with Crippen LogP contribution in [0.1, 0.15) is 0 Å². The lowest BCUT2D eigenvalue weighted by Crippen LogP contribution is -2.32. The van der Waals surface area contributed by atoms with Gasteiger partial charge in [-0.05, 0) is 24.1 Å². The van der Waals surface area contributed by atoms with Gasteiger partial charge in [0, 0.05) is 25.2 Å². The van der Waals surface area contributed by atoms with Crippen LogP contribution < -0.4 is 4.13 Å². The molecule has 4 nitrogen and oxygen atoms in total. The highest BCUT2D eigenvalue weighted by molar-refractivity contribution is 8.12. The first kappa shape index (κ1) is 12.7. The van der Waals surface area contributed by atoms with Gasteiger partial charge in [0.15, 0.2) is 4.34 Å². The molecule has 1 N–H and O–H groups in total. The number of fused-ring (bicyclic) bond motifs is 1. The second kappa shape index (κ2) is 6.23. The predicted molar refractivity (Wildman–Crippen MR) is 78.6 cm³/mol. The molecular formula is C11H13N3OS3. The van der Waals surface area contributed by atoms with E-state index in [1.54, 1.807) is 35.4 Å². The number of ether oxygens (including phenoxy) is 1. The number of nitrogens with one attached hydrogen (secondary N) is 1. The van der Waals surface area contributed by atoms with E-state index in [0.717, 1.165) is 36.2 Å². The van der Waals surface area contributed by atoms with Crippen molar-refractivity contribution in [2.24, 2.45) is 0 Å². The van der Waals surface area contributed by atoms with Crippen molar-refractivity contribution in [1.29, 1.82) is 0 Å². The summed E-state index contributed by atoms with van der Waals surface area (Å²) in [5, 5.41) is 0. The molecule has 1 fully saturated rings. The smallest absolute Gasteiger partial charge is 0.166 e. The van der Waals surface area contributed by atoms with Crippen molar-refractivity contribution in [1.82, 2.24) is 13.4 Å². The maximum atomic E-state index is 5.30. The molecule has 0 bridgehead atoms. The summed E-state index contributed by atoms with van der Waals surface area (Å²) in [6, 6.07) is 8.22. The van der Waals surface area contributed by atoms with Gasteiger partial charge in [0.25, 0.3) is 0 Å². The molecule has 0 unspecified atom stereocenters. The molecule has 3 rings (SSSR count). The Morgan fingerprint density at radius 2 is 2.11 bits per heavy atom. The average Bonchev–Trinajstić information content (AvgIpc) is 2.82. The number of hydrogen-bond donors (Lipinski definition) is 1. The lowest BCUT2D eigenvalue weighted by Gasteiger charge is -2.24. The second-order valence-corrected chi connectivity index (χ2v) is 7.01. The molecule has 1 aromatic carbocycles. The first-order chi connectivity index (χ1) is 8.92. The molecular weight excluding hydrogens is 286 g/mol. The highest BCUT2D eigenvalue weighted by Crippen LogP contribution is 2.29. The molecule has 1 aliphatic heterocycles. The zero-order valence-corrected chi connectivity index (χ0v) is 12.1. The Morgan fingerprint density at radius 1 is 1.28 bits per heavy atom. The standard InChI is InChI=1S/C11H13N3OS3/c1-2-4-10-9(3-1)12-11(16-10)17-13-18-14-5-7-15-8-6-14/h1-4,13H,5-8H2. The van der Waals surface area contributed by atoms with Crippen LogP contribution in [-0.2, 0) is 4.74 Å². The second-order valence-electron chi connectivity index (χ2n) is 3.77. The fourth-order valence-electron chi connectivity index (χ4n) is 1.64. The quantitative estimate of drug-likeness (QED) is 0.875. The maximum Gasteiger partial charge on any atom is 0.166 e. The van der Waals surface area contributed by atoms with E-state index >= 15 is 0 Å². The van der Waals surface area contributed by atoms with Crippen LogP contribution in [0.5, 0.6) is 0 Å². The van der Waals surface area contributed by atoms with Crippen molar-refractivity contribution in [3.63, 3.8) is 0 Å². The van der Waals surface area contributed by atoms with Crippen LogP contribution in [0.2, 0.25) is 0 Å². The molecule has 18 heavy (non-hydrogen) atoms. The van der Waals surface area contributed by atoms with Crippen molar-refractivity contribution in [3.05, 3.63) is 24.3 Å². The highest BCUT2D eigenvalue weighted by atomic mass is 32.2. The first-order valence-electron chi connectivity index (χ1n) is 5.69. The van der Waals surface area contributed by atoms with E-state index in [2.05, 4.69) is 19.5 Å². The molecule has 0 amide bonds. The fraction of sp³-hybridized carbons (Fsp3) is 0.364. The third-order valence-corrected chi connectivity index (χ3v) is 5.39. The molecule has 7 heteroatoms. The van der Waals surface area contributed by atoms with Gasteiger partial charge in [-0.25, -0.2) is 9.29 Å². The van der Waals surface area contributed by atoms with Gasteiger partial charge in [-0.3, -0.25) is 0 Å². The van der Waals surface area contributed by atoms with Crippen molar-refractivity contribution < 1.29 is 4.74 Å².